The topological polar surface area (TPSA) is 55.9 Å². The summed E-state index contributed by atoms with van der Waals surface area (Å²) in [6, 6.07) is 13.4. The van der Waals surface area contributed by atoms with E-state index in [0.717, 1.165) is 42.9 Å². The van der Waals surface area contributed by atoms with E-state index < -0.39 is 0 Å². The van der Waals surface area contributed by atoms with E-state index in [9.17, 15) is 14.0 Å². The molecule has 0 spiro atoms. The fourth-order valence-corrected chi connectivity index (χ4v) is 6.25. The van der Waals surface area contributed by atoms with Crippen molar-refractivity contribution in [3.63, 3.8) is 0 Å². The van der Waals surface area contributed by atoms with Gasteiger partial charge in [-0.2, -0.15) is 0 Å². The lowest BCUT2D eigenvalue weighted by molar-refractivity contribution is -0.135. The molecule has 2 aromatic carbocycles. The summed E-state index contributed by atoms with van der Waals surface area (Å²) in [6.45, 7) is 14.5. The lowest BCUT2D eigenvalue weighted by Crippen LogP contribution is -2.61. The third-order valence-corrected chi connectivity index (χ3v) is 8.63. The minimum Gasteiger partial charge on any atom is -0.341 e. The summed E-state index contributed by atoms with van der Waals surface area (Å²) in [4.78, 5) is 33.0. The van der Waals surface area contributed by atoms with Gasteiger partial charge < -0.3 is 15.1 Å². The molecule has 38 heavy (non-hydrogen) atoms. The molecule has 2 atom stereocenters. The van der Waals surface area contributed by atoms with Crippen LogP contribution in [0.3, 0.4) is 0 Å². The Balaban J connectivity index is 1.33. The molecule has 2 fully saturated rings. The van der Waals surface area contributed by atoms with Crippen molar-refractivity contribution in [3.05, 3.63) is 65.0 Å². The fraction of sp³-hybridized carbons (Fsp3) is 0.548. The summed E-state index contributed by atoms with van der Waals surface area (Å²) >= 11 is 0. The molecule has 2 saturated heterocycles. The van der Waals surface area contributed by atoms with Gasteiger partial charge in [-0.3, -0.25) is 14.5 Å². The van der Waals surface area contributed by atoms with Crippen molar-refractivity contribution in [2.45, 2.75) is 65.0 Å². The third kappa shape index (κ3) is 5.36. The molecule has 0 aliphatic carbocycles. The number of carbonyl (C=O) groups is 2. The Bertz CT molecular complexity index is 1210. The molecule has 2 aromatic rings. The fourth-order valence-electron chi connectivity index (χ4n) is 6.25. The van der Waals surface area contributed by atoms with Crippen LogP contribution in [0, 0.1) is 11.2 Å². The maximum Gasteiger partial charge on any atom is 0.241 e. The molecular weight excluding hydrogens is 479 g/mol. The zero-order chi connectivity index (χ0) is 27.2. The number of hydrogen-bond acceptors (Lipinski definition) is 4. The van der Waals surface area contributed by atoms with Gasteiger partial charge in [0.2, 0.25) is 11.8 Å². The maximum absolute atomic E-state index is 13.9. The van der Waals surface area contributed by atoms with Gasteiger partial charge in [0, 0.05) is 61.3 Å². The second-order valence-electron chi connectivity index (χ2n) is 12.8. The molecule has 0 unspecified atom stereocenters. The van der Waals surface area contributed by atoms with E-state index in [2.05, 4.69) is 49.2 Å². The van der Waals surface area contributed by atoms with Gasteiger partial charge in [0.05, 0.1) is 6.54 Å². The summed E-state index contributed by atoms with van der Waals surface area (Å²) in [5.41, 5.74) is 3.88. The van der Waals surface area contributed by atoms with Gasteiger partial charge in [0.1, 0.15) is 5.82 Å². The highest BCUT2D eigenvalue weighted by molar-refractivity contribution is 5.97. The molecule has 5 rings (SSSR count). The Hall–Kier alpha value is -2.77. The molecule has 3 aliphatic heterocycles. The first-order chi connectivity index (χ1) is 17.9. The molecule has 0 aromatic heterocycles. The van der Waals surface area contributed by atoms with E-state index in [4.69, 9.17) is 0 Å². The zero-order valence-corrected chi connectivity index (χ0v) is 23.4. The van der Waals surface area contributed by atoms with Gasteiger partial charge in [-0.15, -0.1) is 0 Å². The first-order valence-corrected chi connectivity index (χ1v) is 13.9. The summed E-state index contributed by atoms with van der Waals surface area (Å²) < 4.78 is 13.4. The normalized spacial score (nSPS) is 24.6. The van der Waals surface area contributed by atoms with Crippen molar-refractivity contribution in [3.8, 4) is 0 Å². The first-order valence-electron chi connectivity index (χ1n) is 13.9. The SMILES string of the molecule is C[C@@H]1CN(CC(=O)N2CC(C)(C)c3ccc(Cc4ccc(F)cc4)cc32)[C@@H](CN2CCC(C)(C)C2=O)CN1. The maximum atomic E-state index is 13.9. The molecular formula is C31H41FN4O2. The standard InChI is InChI=1S/C31H41FN4O2/c1-21-17-35(25(16-33-21)18-34-13-12-30(2,3)29(34)38)19-28(37)36-20-31(4,5)26-11-8-23(15-27(26)36)14-22-6-9-24(32)10-7-22/h6-11,15,21,25,33H,12-14,16-20H2,1-5H3/t21-,25-/m1/s1. The number of nitrogens with zero attached hydrogens (tertiary/aromatic N) is 3. The number of carbonyl (C=O) groups excluding carboxylic acids is 2. The highest BCUT2D eigenvalue weighted by Crippen LogP contribution is 2.41. The predicted octanol–water partition coefficient (Wildman–Crippen LogP) is 3.96. The van der Waals surface area contributed by atoms with Crippen LogP contribution >= 0.6 is 0 Å². The molecule has 0 radical (unpaired) electrons. The molecule has 0 bridgehead atoms. The highest BCUT2D eigenvalue weighted by atomic mass is 19.1. The van der Waals surface area contributed by atoms with Crippen molar-refractivity contribution in [2.24, 2.45) is 5.41 Å². The van der Waals surface area contributed by atoms with Gasteiger partial charge in [-0.05, 0) is 54.7 Å². The minimum atomic E-state index is -0.299. The molecule has 0 saturated carbocycles. The van der Waals surface area contributed by atoms with Crippen LogP contribution in [0.2, 0.25) is 0 Å². The number of benzene rings is 2. The van der Waals surface area contributed by atoms with Crippen molar-refractivity contribution >= 4 is 17.5 Å². The second-order valence-corrected chi connectivity index (χ2v) is 12.8. The van der Waals surface area contributed by atoms with Crippen LogP contribution in [0.1, 0.15) is 57.7 Å². The average Bonchev–Trinajstić information content (AvgIpc) is 3.28. The van der Waals surface area contributed by atoms with Crippen LogP contribution in [-0.4, -0.2) is 73.0 Å². The van der Waals surface area contributed by atoms with E-state index in [1.807, 2.05) is 35.8 Å². The van der Waals surface area contributed by atoms with Crippen molar-refractivity contribution in [2.75, 3.05) is 44.2 Å². The largest absolute Gasteiger partial charge is 0.341 e. The number of hydrogen-bond donors (Lipinski definition) is 1. The summed E-state index contributed by atoms with van der Waals surface area (Å²) in [5.74, 6) is 0.0776. The Morgan fingerprint density at radius 3 is 2.45 bits per heavy atom. The smallest absolute Gasteiger partial charge is 0.241 e. The number of piperazine rings is 1. The monoisotopic (exact) mass is 520 g/mol. The van der Waals surface area contributed by atoms with Crippen LogP contribution in [0.5, 0.6) is 0 Å². The van der Waals surface area contributed by atoms with Gasteiger partial charge >= 0.3 is 0 Å². The van der Waals surface area contributed by atoms with Crippen LogP contribution in [0.15, 0.2) is 42.5 Å². The van der Waals surface area contributed by atoms with E-state index >= 15 is 0 Å². The Kier molecular flexibility index (Phi) is 7.12. The lowest BCUT2D eigenvalue weighted by atomic mass is 9.86. The van der Waals surface area contributed by atoms with Crippen LogP contribution in [-0.2, 0) is 21.4 Å². The molecule has 1 N–H and O–H groups in total. The second kappa shape index (κ2) is 10.1. The lowest BCUT2D eigenvalue weighted by Gasteiger charge is -2.41. The highest BCUT2D eigenvalue weighted by Gasteiger charge is 2.42. The average molecular weight is 521 g/mol. The van der Waals surface area contributed by atoms with E-state index in [1.54, 1.807) is 0 Å². The van der Waals surface area contributed by atoms with Crippen molar-refractivity contribution < 1.29 is 14.0 Å². The molecule has 3 heterocycles. The molecule has 7 heteroatoms. The van der Waals surface area contributed by atoms with Crippen molar-refractivity contribution in [1.29, 1.82) is 0 Å². The van der Waals surface area contributed by atoms with Crippen molar-refractivity contribution in [1.82, 2.24) is 15.1 Å². The van der Waals surface area contributed by atoms with Gasteiger partial charge in [-0.1, -0.05) is 52.0 Å². The number of likely N-dealkylation sites (tertiary alicyclic amines) is 1. The van der Waals surface area contributed by atoms with Gasteiger partial charge in [0.25, 0.3) is 0 Å². The number of halogens is 1. The Labute approximate surface area is 226 Å². The molecule has 6 nitrogen and oxygen atoms in total. The van der Waals surface area contributed by atoms with E-state index in [-0.39, 0.29) is 40.5 Å². The molecule has 204 valence electrons. The minimum absolute atomic E-state index is 0.0999. The van der Waals surface area contributed by atoms with Crippen LogP contribution < -0.4 is 10.2 Å². The number of amides is 2. The first kappa shape index (κ1) is 26.8. The van der Waals surface area contributed by atoms with Crippen LogP contribution in [0.4, 0.5) is 10.1 Å². The summed E-state index contributed by atoms with van der Waals surface area (Å²) in [6.07, 6.45) is 1.56. The number of anilines is 1. The van der Waals surface area contributed by atoms with Crippen LogP contribution in [0.25, 0.3) is 0 Å². The Morgan fingerprint density at radius 1 is 1.05 bits per heavy atom. The predicted molar refractivity (Wildman–Crippen MR) is 149 cm³/mol. The van der Waals surface area contributed by atoms with Gasteiger partial charge in [-0.25, -0.2) is 4.39 Å². The number of fused-ring (bicyclic) bond motifs is 1. The number of nitrogens with one attached hydrogen (secondary N) is 1. The quantitative estimate of drug-likeness (QED) is 0.627. The number of rotatable bonds is 6. The van der Waals surface area contributed by atoms with Gasteiger partial charge in [0.15, 0.2) is 0 Å². The molecule has 2 amide bonds. The summed E-state index contributed by atoms with van der Waals surface area (Å²) in [5, 5.41) is 3.55. The van der Waals surface area contributed by atoms with E-state index in [1.165, 1.54) is 17.7 Å². The Morgan fingerprint density at radius 2 is 1.76 bits per heavy atom. The third-order valence-electron chi connectivity index (χ3n) is 8.63. The summed E-state index contributed by atoms with van der Waals surface area (Å²) in [7, 11) is 0. The molecule has 3 aliphatic rings. The zero-order valence-electron chi connectivity index (χ0n) is 23.4. The van der Waals surface area contributed by atoms with E-state index in [0.29, 0.717) is 26.1 Å².